The second-order valence-corrected chi connectivity index (χ2v) is 5.41. The molecular formula is C18H20N4O2. The fourth-order valence-corrected chi connectivity index (χ4v) is 2.40. The van der Waals surface area contributed by atoms with Gasteiger partial charge in [-0.3, -0.25) is 0 Å². The Morgan fingerprint density at radius 3 is 3.21 bits per heavy atom. The molecule has 1 saturated heterocycles. The van der Waals surface area contributed by atoms with Crippen molar-refractivity contribution >= 4 is 11.5 Å². The number of terminal acetylenes is 1. The molecule has 1 aromatic heterocycles. The second-order valence-electron chi connectivity index (χ2n) is 5.41. The van der Waals surface area contributed by atoms with E-state index in [0.717, 1.165) is 37.4 Å². The van der Waals surface area contributed by atoms with Gasteiger partial charge in [0.25, 0.3) is 0 Å². The number of nitrogens with one attached hydrogen (secondary N) is 2. The van der Waals surface area contributed by atoms with Crippen LogP contribution in [0.2, 0.25) is 0 Å². The third kappa shape index (κ3) is 4.69. The van der Waals surface area contributed by atoms with Gasteiger partial charge in [0, 0.05) is 37.0 Å². The number of nitrogens with zero attached hydrogens (tertiary/aromatic N) is 2. The molecule has 0 aliphatic carbocycles. The fourth-order valence-electron chi connectivity index (χ4n) is 2.40. The van der Waals surface area contributed by atoms with Crippen molar-refractivity contribution in [1.82, 2.24) is 15.3 Å². The molecule has 0 saturated carbocycles. The van der Waals surface area contributed by atoms with Crippen LogP contribution < -0.4 is 15.4 Å². The third-order valence-corrected chi connectivity index (χ3v) is 3.61. The molecule has 1 atom stereocenters. The van der Waals surface area contributed by atoms with Crippen LogP contribution in [-0.4, -0.2) is 42.4 Å². The van der Waals surface area contributed by atoms with Crippen LogP contribution in [0.4, 0.5) is 11.5 Å². The van der Waals surface area contributed by atoms with Crippen molar-refractivity contribution < 1.29 is 9.47 Å². The smallest absolute Gasteiger partial charge is 0.318 e. The molecule has 124 valence electrons. The van der Waals surface area contributed by atoms with Gasteiger partial charge in [0.2, 0.25) is 0 Å². The molecule has 3 rings (SSSR count). The van der Waals surface area contributed by atoms with E-state index >= 15 is 0 Å². The van der Waals surface area contributed by atoms with Gasteiger partial charge in [0.1, 0.15) is 5.82 Å². The fraction of sp³-hybridized carbons (Fsp3) is 0.333. The van der Waals surface area contributed by atoms with Gasteiger partial charge in [0.15, 0.2) is 0 Å². The highest BCUT2D eigenvalue weighted by molar-refractivity contribution is 5.58. The van der Waals surface area contributed by atoms with Gasteiger partial charge in [-0.05, 0) is 24.3 Å². The molecule has 0 bridgehead atoms. The van der Waals surface area contributed by atoms with Gasteiger partial charge in [-0.2, -0.15) is 4.98 Å². The number of morpholine rings is 1. The van der Waals surface area contributed by atoms with Gasteiger partial charge in [-0.25, -0.2) is 4.98 Å². The summed E-state index contributed by atoms with van der Waals surface area (Å²) in [5, 5.41) is 6.49. The van der Waals surface area contributed by atoms with Crippen LogP contribution in [-0.2, 0) is 4.74 Å². The van der Waals surface area contributed by atoms with Crippen LogP contribution in [0.15, 0.2) is 36.5 Å². The van der Waals surface area contributed by atoms with E-state index in [1.165, 1.54) is 0 Å². The Morgan fingerprint density at radius 2 is 2.38 bits per heavy atom. The highest BCUT2D eigenvalue weighted by Crippen LogP contribution is 2.17. The number of benzene rings is 1. The number of rotatable bonds is 6. The van der Waals surface area contributed by atoms with Gasteiger partial charge < -0.3 is 20.1 Å². The molecule has 2 aromatic rings. The Morgan fingerprint density at radius 1 is 1.42 bits per heavy atom. The number of hydrogen-bond acceptors (Lipinski definition) is 6. The van der Waals surface area contributed by atoms with Crippen LogP contribution in [0.25, 0.3) is 0 Å². The van der Waals surface area contributed by atoms with Crippen molar-refractivity contribution in [3.05, 3.63) is 42.1 Å². The SMILES string of the molecule is C#Cc1cccc(Nc2ccnc(OCCC3CNCCO3)n2)c1. The molecule has 1 aliphatic rings. The summed E-state index contributed by atoms with van der Waals surface area (Å²) in [6.07, 6.45) is 8.07. The van der Waals surface area contributed by atoms with Gasteiger partial charge in [-0.15, -0.1) is 6.42 Å². The minimum atomic E-state index is 0.187. The van der Waals surface area contributed by atoms with Gasteiger partial charge in [-0.1, -0.05) is 12.0 Å². The Labute approximate surface area is 141 Å². The largest absolute Gasteiger partial charge is 0.463 e. The van der Waals surface area contributed by atoms with E-state index in [9.17, 15) is 0 Å². The maximum absolute atomic E-state index is 5.63. The van der Waals surface area contributed by atoms with Crippen LogP contribution >= 0.6 is 0 Å². The van der Waals surface area contributed by atoms with E-state index in [1.54, 1.807) is 12.3 Å². The van der Waals surface area contributed by atoms with Crippen molar-refractivity contribution in [2.24, 2.45) is 0 Å². The number of aromatic nitrogens is 2. The molecule has 1 unspecified atom stereocenters. The van der Waals surface area contributed by atoms with E-state index < -0.39 is 0 Å². The Hall–Kier alpha value is -2.62. The van der Waals surface area contributed by atoms with E-state index in [2.05, 4.69) is 26.5 Å². The number of anilines is 2. The van der Waals surface area contributed by atoms with Crippen molar-refractivity contribution in [1.29, 1.82) is 0 Å². The predicted octanol–water partition coefficient (Wildman–Crippen LogP) is 1.96. The summed E-state index contributed by atoms with van der Waals surface area (Å²) in [6, 6.07) is 9.71. The Bertz CT molecular complexity index is 708. The maximum atomic E-state index is 5.63. The summed E-state index contributed by atoms with van der Waals surface area (Å²) in [6.45, 7) is 3.03. The molecule has 1 aromatic carbocycles. The molecule has 6 heteroatoms. The van der Waals surface area contributed by atoms with Gasteiger partial charge in [0.05, 0.1) is 19.3 Å². The van der Waals surface area contributed by atoms with E-state index in [4.69, 9.17) is 15.9 Å². The third-order valence-electron chi connectivity index (χ3n) is 3.61. The van der Waals surface area contributed by atoms with Crippen molar-refractivity contribution in [3.63, 3.8) is 0 Å². The average Bonchev–Trinajstić information content (AvgIpc) is 2.63. The molecule has 2 heterocycles. The summed E-state index contributed by atoms with van der Waals surface area (Å²) < 4.78 is 11.3. The molecule has 0 amide bonds. The minimum absolute atomic E-state index is 0.187. The quantitative estimate of drug-likeness (QED) is 0.792. The first-order valence-electron chi connectivity index (χ1n) is 7.95. The van der Waals surface area contributed by atoms with E-state index in [0.29, 0.717) is 18.4 Å². The zero-order valence-corrected chi connectivity index (χ0v) is 13.4. The van der Waals surface area contributed by atoms with Crippen molar-refractivity contribution in [2.45, 2.75) is 12.5 Å². The predicted molar refractivity (Wildman–Crippen MR) is 92.4 cm³/mol. The molecule has 6 nitrogen and oxygen atoms in total. The van der Waals surface area contributed by atoms with Crippen LogP contribution in [0, 0.1) is 12.3 Å². The van der Waals surface area contributed by atoms with E-state index in [-0.39, 0.29) is 6.10 Å². The lowest BCUT2D eigenvalue weighted by Crippen LogP contribution is -2.39. The highest BCUT2D eigenvalue weighted by Gasteiger charge is 2.13. The lowest BCUT2D eigenvalue weighted by atomic mass is 10.2. The standard InChI is InChI=1S/C18H20N4O2/c1-2-14-4-3-5-15(12-14)21-17-6-8-20-18(22-17)24-10-7-16-13-19-9-11-23-16/h1,3-6,8,12,16,19H,7,9-11,13H2,(H,20,21,22). The van der Waals surface area contributed by atoms with Crippen LogP contribution in [0.1, 0.15) is 12.0 Å². The number of ether oxygens (including phenoxy) is 2. The zero-order chi connectivity index (χ0) is 16.6. The van der Waals surface area contributed by atoms with Gasteiger partial charge >= 0.3 is 6.01 Å². The Balaban J connectivity index is 1.54. The second kappa shape index (κ2) is 8.29. The summed E-state index contributed by atoms with van der Waals surface area (Å²) in [5.74, 6) is 3.27. The highest BCUT2D eigenvalue weighted by atomic mass is 16.5. The minimum Gasteiger partial charge on any atom is -0.463 e. The first kappa shape index (κ1) is 16.2. The molecule has 0 radical (unpaired) electrons. The normalized spacial score (nSPS) is 17.0. The molecule has 1 aliphatic heterocycles. The lowest BCUT2D eigenvalue weighted by molar-refractivity contribution is 0.0152. The first-order chi connectivity index (χ1) is 11.8. The first-order valence-corrected chi connectivity index (χ1v) is 7.95. The Kier molecular flexibility index (Phi) is 5.61. The van der Waals surface area contributed by atoms with Crippen molar-refractivity contribution in [2.75, 3.05) is 31.6 Å². The maximum Gasteiger partial charge on any atom is 0.318 e. The van der Waals surface area contributed by atoms with Crippen LogP contribution in [0.3, 0.4) is 0 Å². The van der Waals surface area contributed by atoms with Crippen molar-refractivity contribution in [3.8, 4) is 18.4 Å². The molecule has 2 N–H and O–H groups in total. The molecule has 24 heavy (non-hydrogen) atoms. The summed E-state index contributed by atoms with van der Waals surface area (Å²) in [4.78, 5) is 8.49. The molecular weight excluding hydrogens is 304 g/mol. The molecule has 0 spiro atoms. The summed E-state index contributed by atoms with van der Waals surface area (Å²) >= 11 is 0. The monoisotopic (exact) mass is 324 g/mol. The average molecular weight is 324 g/mol. The topological polar surface area (TPSA) is 68.3 Å². The molecule has 1 fully saturated rings. The number of hydrogen-bond donors (Lipinski definition) is 2. The van der Waals surface area contributed by atoms with Crippen LogP contribution in [0.5, 0.6) is 6.01 Å². The zero-order valence-electron chi connectivity index (χ0n) is 13.4. The van der Waals surface area contributed by atoms with E-state index in [1.807, 2.05) is 24.3 Å². The summed E-state index contributed by atoms with van der Waals surface area (Å²) in [5.41, 5.74) is 1.68. The summed E-state index contributed by atoms with van der Waals surface area (Å²) in [7, 11) is 0. The lowest BCUT2D eigenvalue weighted by Gasteiger charge is -2.23.